The van der Waals surface area contributed by atoms with Crippen molar-refractivity contribution in [2.24, 2.45) is 0 Å². The van der Waals surface area contributed by atoms with Gasteiger partial charge in [0.25, 0.3) is 15.7 Å². The van der Waals surface area contributed by atoms with Gasteiger partial charge in [-0.1, -0.05) is 0 Å². The smallest absolute Gasteiger partial charge is 0.269 e. The van der Waals surface area contributed by atoms with Crippen molar-refractivity contribution in [1.29, 1.82) is 0 Å². The van der Waals surface area contributed by atoms with E-state index in [0.29, 0.717) is 5.69 Å². The molecular weight excluding hydrogens is 296 g/mol. The van der Waals surface area contributed by atoms with Crippen molar-refractivity contribution in [1.82, 2.24) is 4.98 Å². The summed E-state index contributed by atoms with van der Waals surface area (Å²) in [6.07, 6.45) is 1.30. The van der Waals surface area contributed by atoms with Crippen molar-refractivity contribution < 1.29 is 13.3 Å². The number of sulfonamides is 1. The zero-order chi connectivity index (χ0) is 15.6. The van der Waals surface area contributed by atoms with E-state index in [1.54, 1.807) is 0 Å². The molecule has 1 aromatic heterocycles. The molecule has 1 heterocycles. The average molecular weight is 308 g/mol. The van der Waals surface area contributed by atoms with E-state index in [-0.39, 0.29) is 16.4 Å². The number of nitrogen functional groups attached to an aromatic ring is 1. The van der Waals surface area contributed by atoms with Crippen molar-refractivity contribution in [2.45, 2.75) is 4.90 Å². The Hall–Kier alpha value is -2.68. The van der Waals surface area contributed by atoms with Crippen molar-refractivity contribution >= 4 is 27.2 Å². The molecule has 0 saturated heterocycles. The van der Waals surface area contributed by atoms with Crippen molar-refractivity contribution in [3.05, 3.63) is 52.7 Å². The van der Waals surface area contributed by atoms with E-state index in [1.165, 1.54) is 49.6 Å². The van der Waals surface area contributed by atoms with Crippen molar-refractivity contribution in [3.8, 4) is 0 Å². The number of rotatable bonds is 4. The van der Waals surface area contributed by atoms with Gasteiger partial charge in [-0.2, -0.15) is 0 Å². The van der Waals surface area contributed by atoms with E-state index in [2.05, 4.69) is 4.98 Å². The largest absolute Gasteiger partial charge is 0.384 e. The predicted octanol–water partition coefficient (Wildman–Crippen LogP) is 1.40. The molecule has 0 unspecified atom stereocenters. The van der Waals surface area contributed by atoms with Crippen LogP contribution in [0.4, 0.5) is 17.2 Å². The van der Waals surface area contributed by atoms with Crippen molar-refractivity contribution in [2.75, 3.05) is 17.1 Å². The first-order valence-corrected chi connectivity index (χ1v) is 7.21. The number of nitrogens with zero attached hydrogens (tertiary/aromatic N) is 3. The standard InChI is InChI=1S/C12H12N4O4S/c1-15(9-2-4-10(5-3-9)16(17)18)21(19,20)11-6-7-14-12(13)8-11/h2-8H,1H3,(H2,13,14). The molecule has 2 rings (SSSR count). The molecule has 2 N–H and O–H groups in total. The minimum Gasteiger partial charge on any atom is -0.384 e. The first-order chi connectivity index (χ1) is 9.82. The number of non-ortho nitro benzene ring substituents is 1. The number of aromatic nitrogens is 1. The lowest BCUT2D eigenvalue weighted by molar-refractivity contribution is -0.384. The molecule has 0 spiro atoms. The highest BCUT2D eigenvalue weighted by molar-refractivity contribution is 7.92. The summed E-state index contributed by atoms with van der Waals surface area (Å²) >= 11 is 0. The Morgan fingerprint density at radius 2 is 1.86 bits per heavy atom. The summed E-state index contributed by atoms with van der Waals surface area (Å²) in [5.41, 5.74) is 5.67. The monoisotopic (exact) mass is 308 g/mol. The summed E-state index contributed by atoms with van der Waals surface area (Å²) in [6, 6.07) is 7.77. The number of nitrogens with two attached hydrogens (primary N) is 1. The Morgan fingerprint density at radius 1 is 1.24 bits per heavy atom. The summed E-state index contributed by atoms with van der Waals surface area (Å²) in [7, 11) is -2.45. The van der Waals surface area contributed by atoms with E-state index >= 15 is 0 Å². The zero-order valence-corrected chi connectivity index (χ0v) is 11.8. The van der Waals surface area contributed by atoms with Gasteiger partial charge in [-0.3, -0.25) is 14.4 Å². The highest BCUT2D eigenvalue weighted by Gasteiger charge is 2.22. The van der Waals surface area contributed by atoms with Gasteiger partial charge < -0.3 is 5.73 Å². The molecule has 0 bridgehead atoms. The van der Waals surface area contributed by atoms with Crippen LogP contribution in [0.25, 0.3) is 0 Å². The summed E-state index contributed by atoms with van der Waals surface area (Å²) in [5, 5.41) is 10.6. The molecule has 8 nitrogen and oxygen atoms in total. The van der Waals surface area contributed by atoms with E-state index < -0.39 is 14.9 Å². The molecule has 0 atom stereocenters. The Kier molecular flexibility index (Phi) is 3.76. The Bertz CT molecular complexity index is 774. The maximum absolute atomic E-state index is 12.4. The average Bonchev–Trinajstić information content (AvgIpc) is 2.46. The summed E-state index contributed by atoms with van der Waals surface area (Å²) in [4.78, 5) is 13.8. The molecule has 0 aliphatic heterocycles. The number of hydrogen-bond donors (Lipinski definition) is 1. The molecule has 0 aliphatic rings. The van der Waals surface area contributed by atoms with Gasteiger partial charge in [0, 0.05) is 31.4 Å². The minimum atomic E-state index is -3.80. The molecule has 110 valence electrons. The maximum atomic E-state index is 12.4. The number of anilines is 2. The number of hydrogen-bond acceptors (Lipinski definition) is 6. The normalized spacial score (nSPS) is 11.1. The van der Waals surface area contributed by atoms with Crippen molar-refractivity contribution in [3.63, 3.8) is 0 Å². The van der Waals surface area contributed by atoms with Crippen LogP contribution < -0.4 is 10.0 Å². The number of pyridine rings is 1. The lowest BCUT2D eigenvalue weighted by atomic mass is 10.3. The minimum absolute atomic E-state index is 0.00384. The van der Waals surface area contributed by atoms with Crippen LogP contribution in [-0.4, -0.2) is 25.4 Å². The van der Waals surface area contributed by atoms with Gasteiger partial charge in [0.1, 0.15) is 5.82 Å². The van der Waals surface area contributed by atoms with Gasteiger partial charge in [-0.25, -0.2) is 13.4 Å². The third-order valence-corrected chi connectivity index (χ3v) is 4.62. The zero-order valence-electron chi connectivity index (χ0n) is 11.0. The third kappa shape index (κ3) is 2.92. The van der Waals surface area contributed by atoms with Crippen LogP contribution in [0.3, 0.4) is 0 Å². The molecule has 21 heavy (non-hydrogen) atoms. The molecule has 0 aliphatic carbocycles. The van der Waals surface area contributed by atoms with Crippen LogP contribution in [0.5, 0.6) is 0 Å². The van der Waals surface area contributed by atoms with Gasteiger partial charge in [0.2, 0.25) is 0 Å². The Morgan fingerprint density at radius 3 is 2.38 bits per heavy atom. The fourth-order valence-electron chi connectivity index (χ4n) is 1.67. The predicted molar refractivity (Wildman–Crippen MR) is 77.3 cm³/mol. The molecule has 0 amide bonds. The molecule has 2 aromatic rings. The van der Waals surface area contributed by atoms with E-state index in [0.717, 1.165) is 4.31 Å². The lowest BCUT2D eigenvalue weighted by Crippen LogP contribution is -2.26. The Balaban J connectivity index is 2.38. The third-order valence-electron chi connectivity index (χ3n) is 2.84. The SMILES string of the molecule is CN(c1ccc([N+](=O)[O-])cc1)S(=O)(=O)c1ccnc(N)c1. The number of benzene rings is 1. The molecule has 0 fully saturated rings. The second-order valence-electron chi connectivity index (χ2n) is 4.16. The molecule has 0 saturated carbocycles. The first-order valence-electron chi connectivity index (χ1n) is 5.77. The van der Waals surface area contributed by atoms with E-state index in [4.69, 9.17) is 5.73 Å². The Labute approximate surface area is 121 Å². The summed E-state index contributed by atoms with van der Waals surface area (Å²) in [6.45, 7) is 0. The highest BCUT2D eigenvalue weighted by atomic mass is 32.2. The van der Waals surface area contributed by atoms with E-state index in [1.807, 2.05) is 0 Å². The van der Waals surface area contributed by atoms with Crippen LogP contribution in [0, 0.1) is 10.1 Å². The van der Waals surface area contributed by atoms with Gasteiger partial charge in [-0.15, -0.1) is 0 Å². The second kappa shape index (κ2) is 5.37. The quantitative estimate of drug-likeness (QED) is 0.673. The highest BCUT2D eigenvalue weighted by Crippen LogP contribution is 2.24. The van der Waals surface area contributed by atoms with Crippen LogP contribution in [0.2, 0.25) is 0 Å². The summed E-state index contributed by atoms with van der Waals surface area (Å²) in [5.74, 6) is 0.0909. The fourth-order valence-corrected chi connectivity index (χ4v) is 2.89. The molecule has 0 radical (unpaired) electrons. The summed E-state index contributed by atoms with van der Waals surface area (Å²) < 4.78 is 25.8. The topological polar surface area (TPSA) is 119 Å². The number of nitro groups is 1. The van der Waals surface area contributed by atoms with Crippen LogP contribution >= 0.6 is 0 Å². The van der Waals surface area contributed by atoms with Crippen LogP contribution in [0.15, 0.2) is 47.5 Å². The molecular formula is C12H12N4O4S. The molecule has 9 heteroatoms. The molecule has 1 aromatic carbocycles. The number of nitro benzene ring substituents is 1. The van der Waals surface area contributed by atoms with Gasteiger partial charge in [0.05, 0.1) is 15.5 Å². The van der Waals surface area contributed by atoms with Gasteiger partial charge in [-0.05, 0) is 18.2 Å². The second-order valence-corrected chi connectivity index (χ2v) is 6.13. The van der Waals surface area contributed by atoms with Crippen LogP contribution in [0.1, 0.15) is 0 Å². The fraction of sp³-hybridized carbons (Fsp3) is 0.0833. The van der Waals surface area contributed by atoms with Gasteiger partial charge in [0.15, 0.2) is 0 Å². The lowest BCUT2D eigenvalue weighted by Gasteiger charge is -2.19. The van der Waals surface area contributed by atoms with E-state index in [9.17, 15) is 18.5 Å². The van der Waals surface area contributed by atoms with Gasteiger partial charge >= 0.3 is 0 Å². The van der Waals surface area contributed by atoms with Crippen LogP contribution in [-0.2, 0) is 10.0 Å². The first kappa shape index (κ1) is 14.7. The maximum Gasteiger partial charge on any atom is 0.269 e.